The van der Waals surface area contributed by atoms with E-state index in [-0.39, 0.29) is 0 Å². The summed E-state index contributed by atoms with van der Waals surface area (Å²) in [5.74, 6) is 0. The second kappa shape index (κ2) is 5.64. The van der Waals surface area contributed by atoms with Gasteiger partial charge in [-0.15, -0.1) is 0 Å². The number of benzene rings is 1. The first kappa shape index (κ1) is 13.1. The quantitative estimate of drug-likeness (QED) is 0.895. The van der Waals surface area contributed by atoms with Gasteiger partial charge in [0.15, 0.2) is 0 Å². The lowest BCUT2D eigenvalue weighted by atomic mass is 9.96. The molecule has 104 valence electrons. The van der Waals surface area contributed by atoms with Crippen LogP contribution in [0.15, 0.2) is 24.3 Å². The maximum Gasteiger partial charge on any atom is 0.0297 e. The Labute approximate surface area is 117 Å². The van der Waals surface area contributed by atoms with Crippen LogP contribution in [0.1, 0.15) is 49.8 Å². The number of nitrogens with zero attached hydrogens (tertiary/aromatic N) is 1. The molecule has 0 amide bonds. The van der Waals surface area contributed by atoms with Crippen LogP contribution >= 0.6 is 0 Å². The summed E-state index contributed by atoms with van der Waals surface area (Å²) in [4.78, 5) is 2.70. The molecule has 1 N–H and O–H groups in total. The zero-order valence-corrected chi connectivity index (χ0v) is 12.2. The van der Waals surface area contributed by atoms with Gasteiger partial charge in [0.05, 0.1) is 0 Å². The first-order valence-corrected chi connectivity index (χ1v) is 7.81. The summed E-state index contributed by atoms with van der Waals surface area (Å²) >= 11 is 0. The minimum Gasteiger partial charge on any atom is -0.306 e. The van der Waals surface area contributed by atoms with Crippen molar-refractivity contribution >= 4 is 0 Å². The lowest BCUT2D eigenvalue weighted by Gasteiger charge is -2.34. The third-order valence-electron chi connectivity index (χ3n) is 4.98. The molecule has 2 heterocycles. The molecule has 2 fully saturated rings. The normalized spacial score (nSPS) is 29.2. The van der Waals surface area contributed by atoms with E-state index >= 15 is 0 Å². The van der Waals surface area contributed by atoms with Crippen LogP contribution in [-0.2, 0) is 0 Å². The van der Waals surface area contributed by atoms with Crippen LogP contribution in [0.5, 0.6) is 0 Å². The average molecular weight is 258 g/mol. The van der Waals surface area contributed by atoms with Crippen LogP contribution in [0.2, 0.25) is 0 Å². The molecule has 3 atom stereocenters. The number of hydrogen-bond acceptors (Lipinski definition) is 2. The predicted molar refractivity (Wildman–Crippen MR) is 80.3 cm³/mol. The van der Waals surface area contributed by atoms with E-state index in [2.05, 4.69) is 48.3 Å². The number of nitrogens with one attached hydrogen (secondary N) is 1. The zero-order valence-electron chi connectivity index (χ0n) is 12.2. The lowest BCUT2D eigenvalue weighted by Crippen LogP contribution is -2.45. The van der Waals surface area contributed by atoms with Crippen molar-refractivity contribution in [1.82, 2.24) is 10.2 Å². The van der Waals surface area contributed by atoms with Gasteiger partial charge in [-0.05, 0) is 50.8 Å². The molecule has 2 aliphatic rings. The second-order valence-corrected chi connectivity index (χ2v) is 6.24. The van der Waals surface area contributed by atoms with E-state index in [9.17, 15) is 0 Å². The number of fused-ring (bicyclic) bond motifs is 1. The standard InChI is InChI=1S/C17H26N2/c1-13-7-3-4-8-15(13)14(2)18-16-10-12-19-11-6-5-9-17(16)19/h3-4,7-8,14,16-18H,5-6,9-12H2,1-2H3/t14-,16?,17?/m0/s1. The van der Waals surface area contributed by atoms with Gasteiger partial charge in [-0.1, -0.05) is 30.7 Å². The smallest absolute Gasteiger partial charge is 0.0297 e. The van der Waals surface area contributed by atoms with E-state index in [1.165, 1.54) is 49.9 Å². The molecule has 0 saturated carbocycles. The highest BCUT2D eigenvalue weighted by Crippen LogP contribution is 2.29. The highest BCUT2D eigenvalue weighted by Gasteiger charge is 2.35. The van der Waals surface area contributed by atoms with Crippen LogP contribution in [0.4, 0.5) is 0 Å². The maximum absolute atomic E-state index is 3.89. The Balaban J connectivity index is 1.67. The fraction of sp³-hybridized carbons (Fsp3) is 0.647. The van der Waals surface area contributed by atoms with Crippen molar-refractivity contribution in [2.75, 3.05) is 13.1 Å². The first-order chi connectivity index (χ1) is 9.25. The fourth-order valence-electron chi connectivity index (χ4n) is 3.93. The first-order valence-electron chi connectivity index (χ1n) is 7.81. The van der Waals surface area contributed by atoms with E-state index in [0.717, 1.165) is 6.04 Å². The van der Waals surface area contributed by atoms with Crippen LogP contribution in [0.25, 0.3) is 0 Å². The van der Waals surface area contributed by atoms with Crippen LogP contribution in [0.3, 0.4) is 0 Å². The second-order valence-electron chi connectivity index (χ2n) is 6.24. The molecule has 3 rings (SSSR count). The molecule has 0 aliphatic carbocycles. The maximum atomic E-state index is 3.89. The molecular weight excluding hydrogens is 232 g/mol. The summed E-state index contributed by atoms with van der Waals surface area (Å²) < 4.78 is 0. The van der Waals surface area contributed by atoms with Crippen molar-refractivity contribution in [2.45, 2.75) is 57.7 Å². The third kappa shape index (κ3) is 2.70. The molecule has 0 bridgehead atoms. The molecule has 2 saturated heterocycles. The fourth-order valence-corrected chi connectivity index (χ4v) is 3.93. The van der Waals surface area contributed by atoms with Crippen molar-refractivity contribution in [3.05, 3.63) is 35.4 Å². The monoisotopic (exact) mass is 258 g/mol. The molecule has 0 aromatic heterocycles. The van der Waals surface area contributed by atoms with Crippen molar-refractivity contribution in [3.8, 4) is 0 Å². The van der Waals surface area contributed by atoms with Gasteiger partial charge in [-0.2, -0.15) is 0 Å². The van der Waals surface area contributed by atoms with E-state index < -0.39 is 0 Å². The SMILES string of the molecule is Cc1ccccc1[C@H](C)NC1CCN2CCCCC12. The van der Waals surface area contributed by atoms with Crippen molar-refractivity contribution < 1.29 is 0 Å². The topological polar surface area (TPSA) is 15.3 Å². The van der Waals surface area contributed by atoms with Gasteiger partial charge in [0.1, 0.15) is 0 Å². The molecular formula is C17H26N2. The summed E-state index contributed by atoms with van der Waals surface area (Å²) in [6.07, 6.45) is 5.52. The van der Waals surface area contributed by atoms with E-state index in [0.29, 0.717) is 12.1 Å². The summed E-state index contributed by atoms with van der Waals surface area (Å²) in [7, 11) is 0. The van der Waals surface area contributed by atoms with Gasteiger partial charge >= 0.3 is 0 Å². The van der Waals surface area contributed by atoms with Gasteiger partial charge in [0.25, 0.3) is 0 Å². The van der Waals surface area contributed by atoms with Crippen molar-refractivity contribution in [2.24, 2.45) is 0 Å². The number of hydrogen-bond donors (Lipinski definition) is 1. The van der Waals surface area contributed by atoms with Gasteiger partial charge in [0.2, 0.25) is 0 Å². The molecule has 1 aromatic carbocycles. The Morgan fingerprint density at radius 3 is 2.84 bits per heavy atom. The Kier molecular flexibility index (Phi) is 3.90. The largest absolute Gasteiger partial charge is 0.306 e. The Morgan fingerprint density at radius 2 is 2.00 bits per heavy atom. The van der Waals surface area contributed by atoms with E-state index in [1.807, 2.05) is 0 Å². The molecule has 19 heavy (non-hydrogen) atoms. The summed E-state index contributed by atoms with van der Waals surface area (Å²) in [6, 6.07) is 10.7. The lowest BCUT2D eigenvalue weighted by molar-refractivity contribution is 0.177. The Hall–Kier alpha value is -0.860. The Bertz CT molecular complexity index is 429. The Morgan fingerprint density at radius 1 is 1.16 bits per heavy atom. The van der Waals surface area contributed by atoms with Crippen LogP contribution in [-0.4, -0.2) is 30.1 Å². The molecule has 2 unspecified atom stereocenters. The van der Waals surface area contributed by atoms with Crippen LogP contribution in [0, 0.1) is 6.92 Å². The van der Waals surface area contributed by atoms with Gasteiger partial charge in [0, 0.05) is 24.7 Å². The molecule has 1 aromatic rings. The molecule has 0 spiro atoms. The highest BCUT2D eigenvalue weighted by atomic mass is 15.2. The van der Waals surface area contributed by atoms with E-state index in [4.69, 9.17) is 0 Å². The van der Waals surface area contributed by atoms with Gasteiger partial charge in [-0.25, -0.2) is 0 Å². The summed E-state index contributed by atoms with van der Waals surface area (Å²) in [5.41, 5.74) is 2.86. The average Bonchev–Trinajstić information content (AvgIpc) is 2.83. The third-order valence-corrected chi connectivity index (χ3v) is 4.98. The zero-order chi connectivity index (χ0) is 13.2. The molecule has 2 nitrogen and oxygen atoms in total. The van der Waals surface area contributed by atoms with Crippen molar-refractivity contribution in [3.63, 3.8) is 0 Å². The minimum absolute atomic E-state index is 0.466. The van der Waals surface area contributed by atoms with Gasteiger partial charge in [-0.3, -0.25) is 4.90 Å². The predicted octanol–water partition coefficient (Wildman–Crippen LogP) is 3.27. The molecule has 2 aliphatic heterocycles. The van der Waals surface area contributed by atoms with Crippen LogP contribution < -0.4 is 5.32 Å². The molecule has 2 heteroatoms. The van der Waals surface area contributed by atoms with E-state index in [1.54, 1.807) is 0 Å². The number of aryl methyl sites for hydroxylation is 1. The highest BCUT2D eigenvalue weighted by molar-refractivity contribution is 5.28. The minimum atomic E-state index is 0.466. The molecule has 0 radical (unpaired) electrons. The number of piperidine rings is 1. The number of rotatable bonds is 3. The summed E-state index contributed by atoms with van der Waals surface area (Å²) in [5, 5.41) is 3.89. The van der Waals surface area contributed by atoms with Gasteiger partial charge < -0.3 is 5.32 Å². The van der Waals surface area contributed by atoms with Crippen molar-refractivity contribution in [1.29, 1.82) is 0 Å². The summed E-state index contributed by atoms with van der Waals surface area (Å²) in [6.45, 7) is 7.15.